The van der Waals surface area contributed by atoms with E-state index in [-0.39, 0.29) is 20.1 Å². The number of nitrogens with zero attached hydrogens (tertiary/aromatic N) is 1. The van der Waals surface area contributed by atoms with Crippen LogP contribution >= 0.6 is 0 Å². The number of benzene rings is 10. The third kappa shape index (κ3) is 7.64. The Balaban J connectivity index is 0.00000469. The summed E-state index contributed by atoms with van der Waals surface area (Å²) < 4.78 is 0. The first-order valence-corrected chi connectivity index (χ1v) is 21.9. The first-order valence-electron chi connectivity index (χ1n) is 21.9. The van der Waals surface area contributed by atoms with Crippen molar-refractivity contribution in [1.29, 1.82) is 0 Å². The monoisotopic (exact) mass is 1000 g/mol. The molecule has 0 bridgehead atoms. The van der Waals surface area contributed by atoms with E-state index in [1.54, 1.807) is 0 Å². The number of hydrogen-bond acceptors (Lipinski definition) is 1. The Morgan fingerprint density at radius 1 is 0.262 bits per heavy atom. The van der Waals surface area contributed by atoms with Crippen molar-refractivity contribution in [3.63, 3.8) is 0 Å². The zero-order valence-electron chi connectivity index (χ0n) is 35.4. The van der Waals surface area contributed by atoms with Crippen molar-refractivity contribution in [1.82, 2.24) is 4.98 Å². The van der Waals surface area contributed by atoms with Gasteiger partial charge >= 0.3 is 0 Å². The van der Waals surface area contributed by atoms with Crippen LogP contribution in [0, 0.1) is 6.07 Å². The summed E-state index contributed by atoms with van der Waals surface area (Å²) in [6, 6.07) is 91.5. The molecule has 1 aromatic heterocycles. The predicted molar refractivity (Wildman–Crippen MR) is 268 cm³/mol. The molecular weight excluding hydrogens is 963 g/mol. The Bertz CT molecular complexity index is 3260. The molecule has 0 aliphatic heterocycles. The summed E-state index contributed by atoms with van der Waals surface area (Å²) in [5.74, 6) is 0. The second kappa shape index (κ2) is 17.1. The molecule has 0 amide bonds. The van der Waals surface area contributed by atoms with Gasteiger partial charge in [-0.2, -0.15) is 0 Å². The summed E-state index contributed by atoms with van der Waals surface area (Å²) >= 11 is 0. The van der Waals surface area contributed by atoms with Gasteiger partial charge in [-0.25, -0.2) is 0 Å². The molecule has 2 heteroatoms. The fourth-order valence-corrected chi connectivity index (χ4v) is 9.51. The quantitative estimate of drug-likeness (QED) is 0.138. The summed E-state index contributed by atoms with van der Waals surface area (Å²) in [6.45, 7) is 0. The van der Waals surface area contributed by atoms with Crippen molar-refractivity contribution in [2.45, 2.75) is 0 Å². The van der Waals surface area contributed by atoms with Gasteiger partial charge in [0, 0.05) is 25.5 Å². The molecule has 10 aromatic carbocycles. The van der Waals surface area contributed by atoms with Gasteiger partial charge in [0.25, 0.3) is 0 Å². The van der Waals surface area contributed by atoms with Gasteiger partial charge in [-0.05, 0) is 161 Å². The van der Waals surface area contributed by atoms with E-state index in [1.807, 2.05) is 0 Å². The number of pyridine rings is 1. The molecule has 1 radical (unpaired) electrons. The van der Waals surface area contributed by atoms with Crippen LogP contribution in [-0.2, 0) is 20.1 Å². The minimum absolute atomic E-state index is 0. The Morgan fingerprint density at radius 3 is 1.05 bits per heavy atom. The normalized spacial score (nSPS) is 11.3. The van der Waals surface area contributed by atoms with E-state index in [2.05, 4.69) is 249 Å². The molecule has 0 spiro atoms. The summed E-state index contributed by atoms with van der Waals surface area (Å²) in [5, 5.41) is 1.22. The zero-order chi connectivity index (χ0) is 42.4. The average Bonchev–Trinajstić information content (AvgIpc) is 3.71. The molecule has 1 nitrogen and oxygen atoms in total. The Hall–Kier alpha value is -7.74. The first-order chi connectivity index (χ1) is 31.7. The SMILES string of the molecule is [Ir].[c-]1ccc(-c2cc(-c3cc(-c4ccccc4)cc(-c4ccccc4)c3)cc(-c3cc(-c4ccccc4)cc(-c4ccccc4)c3)c2)cc1-c1cc2c3c(cccc3n1)-c1ccccc1-2. The van der Waals surface area contributed by atoms with Crippen molar-refractivity contribution in [3.8, 4) is 111 Å². The van der Waals surface area contributed by atoms with Crippen molar-refractivity contribution in [3.05, 3.63) is 249 Å². The minimum atomic E-state index is 0. The molecule has 11 aromatic rings. The fraction of sp³-hybridized carbons (Fsp3) is 0. The van der Waals surface area contributed by atoms with Crippen LogP contribution in [0.3, 0.4) is 0 Å². The molecule has 307 valence electrons. The van der Waals surface area contributed by atoms with E-state index < -0.39 is 0 Å². The third-order valence-electron chi connectivity index (χ3n) is 12.6. The molecule has 0 saturated heterocycles. The van der Waals surface area contributed by atoms with Crippen LogP contribution in [-0.4, -0.2) is 4.98 Å². The van der Waals surface area contributed by atoms with Crippen LogP contribution in [0.2, 0.25) is 0 Å². The van der Waals surface area contributed by atoms with Gasteiger partial charge < -0.3 is 0 Å². The van der Waals surface area contributed by atoms with Crippen LogP contribution in [0.5, 0.6) is 0 Å². The zero-order valence-corrected chi connectivity index (χ0v) is 37.8. The first kappa shape index (κ1) is 40.1. The van der Waals surface area contributed by atoms with Gasteiger partial charge in [0.15, 0.2) is 0 Å². The Kier molecular flexibility index (Phi) is 10.5. The standard InChI is InChI=1S/C63H40N.Ir/c1-5-17-42(18-6-1)48-32-49(43-19-7-2-8-20-43)35-53(34-48)55-38-52(39-56(40-55)54-36-50(44-21-9-3-10-22-44)33-51(37-54)45-23-11-4-12-24-45)46-25-15-26-47(31-46)62-41-60-58-28-14-13-27-57(58)59-29-16-30-61(64-62)63(59)60;/h1-25,27-41H;/q-1;. The Labute approximate surface area is 393 Å². The summed E-state index contributed by atoms with van der Waals surface area (Å²) in [5.41, 5.74) is 24.2. The number of aromatic nitrogens is 1. The molecule has 65 heavy (non-hydrogen) atoms. The van der Waals surface area contributed by atoms with E-state index >= 15 is 0 Å². The molecule has 12 rings (SSSR count). The van der Waals surface area contributed by atoms with Crippen molar-refractivity contribution >= 4 is 10.9 Å². The fourth-order valence-electron chi connectivity index (χ4n) is 9.51. The largest absolute Gasteiger partial charge is 0.296 e. The van der Waals surface area contributed by atoms with E-state index in [4.69, 9.17) is 4.98 Å². The van der Waals surface area contributed by atoms with Gasteiger partial charge in [0.05, 0.1) is 5.52 Å². The van der Waals surface area contributed by atoms with Gasteiger partial charge in [0.2, 0.25) is 0 Å². The minimum Gasteiger partial charge on any atom is -0.296 e. The second-order valence-electron chi connectivity index (χ2n) is 16.7. The Morgan fingerprint density at radius 2 is 0.615 bits per heavy atom. The average molecular weight is 1000 g/mol. The van der Waals surface area contributed by atoms with Crippen molar-refractivity contribution < 1.29 is 20.1 Å². The van der Waals surface area contributed by atoms with E-state index in [9.17, 15) is 0 Å². The molecule has 1 aliphatic carbocycles. The topological polar surface area (TPSA) is 12.9 Å². The molecular formula is C63H40IrN-. The molecule has 0 saturated carbocycles. The smallest absolute Gasteiger partial charge is 0.0607 e. The van der Waals surface area contributed by atoms with Crippen molar-refractivity contribution in [2.24, 2.45) is 0 Å². The van der Waals surface area contributed by atoms with Crippen LogP contribution in [0.1, 0.15) is 0 Å². The maximum Gasteiger partial charge on any atom is 0.0607 e. The third-order valence-corrected chi connectivity index (χ3v) is 12.6. The second-order valence-corrected chi connectivity index (χ2v) is 16.7. The van der Waals surface area contributed by atoms with Crippen molar-refractivity contribution in [2.75, 3.05) is 0 Å². The predicted octanol–water partition coefficient (Wildman–Crippen LogP) is 17.0. The van der Waals surface area contributed by atoms with Gasteiger partial charge in [-0.3, -0.25) is 4.98 Å². The molecule has 0 unspecified atom stereocenters. The molecule has 0 atom stereocenters. The van der Waals surface area contributed by atoms with Crippen LogP contribution < -0.4 is 0 Å². The van der Waals surface area contributed by atoms with Gasteiger partial charge in [0.1, 0.15) is 0 Å². The number of hydrogen-bond donors (Lipinski definition) is 0. The maximum atomic E-state index is 5.28. The summed E-state index contributed by atoms with van der Waals surface area (Å²) in [4.78, 5) is 5.28. The van der Waals surface area contributed by atoms with Gasteiger partial charge in [-0.15, -0.1) is 35.4 Å². The molecule has 0 fully saturated rings. The van der Waals surface area contributed by atoms with Crippen LogP contribution in [0.4, 0.5) is 0 Å². The van der Waals surface area contributed by atoms with E-state index in [0.717, 1.165) is 50.2 Å². The van der Waals surface area contributed by atoms with Gasteiger partial charge in [-0.1, -0.05) is 164 Å². The maximum absolute atomic E-state index is 5.28. The number of fused-ring (bicyclic) bond motifs is 3. The van der Waals surface area contributed by atoms with E-state index in [0.29, 0.717) is 0 Å². The summed E-state index contributed by atoms with van der Waals surface area (Å²) in [6.07, 6.45) is 0. The molecule has 0 N–H and O–H groups in total. The van der Waals surface area contributed by atoms with E-state index in [1.165, 1.54) is 72.1 Å². The summed E-state index contributed by atoms with van der Waals surface area (Å²) in [7, 11) is 0. The molecule has 1 heterocycles. The van der Waals surface area contributed by atoms with Crippen LogP contribution in [0.15, 0.2) is 243 Å². The van der Waals surface area contributed by atoms with Crippen LogP contribution in [0.25, 0.3) is 122 Å². The number of rotatable bonds is 8. The molecule has 1 aliphatic rings.